The van der Waals surface area contributed by atoms with Gasteiger partial charge >= 0.3 is 5.97 Å². The summed E-state index contributed by atoms with van der Waals surface area (Å²) < 4.78 is 31.1. The molecule has 1 saturated heterocycles. The molecule has 6 heteroatoms. The summed E-state index contributed by atoms with van der Waals surface area (Å²) in [5, 5.41) is 0. The van der Waals surface area contributed by atoms with Gasteiger partial charge in [-0.1, -0.05) is 6.92 Å². The number of hydrogen-bond donors (Lipinski definition) is 0. The highest BCUT2D eigenvalue weighted by Crippen LogP contribution is 2.29. The van der Waals surface area contributed by atoms with Gasteiger partial charge in [0.2, 0.25) is 0 Å². The van der Waals surface area contributed by atoms with Gasteiger partial charge in [0.15, 0.2) is 11.6 Å². The van der Waals surface area contributed by atoms with Crippen LogP contribution in [0.3, 0.4) is 0 Å². The van der Waals surface area contributed by atoms with Crippen LogP contribution in [0.4, 0.5) is 14.6 Å². The maximum absolute atomic E-state index is 13.6. The van der Waals surface area contributed by atoms with Crippen molar-refractivity contribution in [3.8, 4) is 0 Å². The second-order valence-corrected chi connectivity index (χ2v) is 4.47. The summed E-state index contributed by atoms with van der Waals surface area (Å²) in [6.45, 7) is 2.72. The molecule has 2 atom stereocenters. The number of carbonyl (C=O) groups is 1. The fourth-order valence-electron chi connectivity index (χ4n) is 2.24. The van der Waals surface area contributed by atoms with Crippen LogP contribution < -0.4 is 4.90 Å². The fraction of sp³-hybridized carbons (Fsp3) is 0.500. The van der Waals surface area contributed by atoms with Crippen LogP contribution in [0.1, 0.15) is 6.92 Å². The summed E-state index contributed by atoms with van der Waals surface area (Å²) >= 11 is 0. The predicted molar refractivity (Wildman–Crippen MR) is 61.0 cm³/mol. The molecule has 98 valence electrons. The van der Waals surface area contributed by atoms with Gasteiger partial charge in [0, 0.05) is 19.2 Å². The Morgan fingerprint density at radius 3 is 2.83 bits per heavy atom. The molecule has 1 fully saturated rings. The van der Waals surface area contributed by atoms with Crippen molar-refractivity contribution < 1.29 is 18.3 Å². The van der Waals surface area contributed by atoms with Gasteiger partial charge in [0.25, 0.3) is 0 Å². The van der Waals surface area contributed by atoms with Gasteiger partial charge in [-0.3, -0.25) is 4.79 Å². The van der Waals surface area contributed by atoms with Crippen LogP contribution in [0.25, 0.3) is 0 Å². The first-order valence-electron chi connectivity index (χ1n) is 5.66. The van der Waals surface area contributed by atoms with Crippen LogP contribution in [0.5, 0.6) is 0 Å². The van der Waals surface area contributed by atoms with Crippen LogP contribution >= 0.6 is 0 Å². The molecule has 1 aliphatic rings. The number of ether oxygens (including phenoxy) is 1. The lowest BCUT2D eigenvalue weighted by atomic mass is 9.99. The van der Waals surface area contributed by atoms with Crippen molar-refractivity contribution in [1.82, 2.24) is 4.98 Å². The molecule has 1 aromatic heterocycles. The highest BCUT2D eigenvalue weighted by molar-refractivity contribution is 5.74. The summed E-state index contributed by atoms with van der Waals surface area (Å²) in [5.41, 5.74) is 0. The average molecular weight is 256 g/mol. The molecule has 0 aliphatic carbocycles. The van der Waals surface area contributed by atoms with Crippen molar-refractivity contribution in [1.29, 1.82) is 0 Å². The lowest BCUT2D eigenvalue weighted by Gasteiger charge is -2.17. The van der Waals surface area contributed by atoms with E-state index in [2.05, 4.69) is 4.98 Å². The number of rotatable bonds is 2. The molecule has 0 N–H and O–H groups in total. The molecule has 1 aliphatic heterocycles. The minimum Gasteiger partial charge on any atom is -0.469 e. The van der Waals surface area contributed by atoms with E-state index in [1.54, 1.807) is 4.90 Å². The Labute approximate surface area is 104 Å². The number of hydrogen-bond acceptors (Lipinski definition) is 4. The highest BCUT2D eigenvalue weighted by Gasteiger charge is 2.37. The van der Waals surface area contributed by atoms with Crippen molar-refractivity contribution >= 4 is 11.8 Å². The molecule has 0 spiro atoms. The van der Waals surface area contributed by atoms with Crippen LogP contribution in [0.15, 0.2) is 12.3 Å². The molecule has 2 unspecified atom stereocenters. The third-order valence-corrected chi connectivity index (χ3v) is 3.20. The summed E-state index contributed by atoms with van der Waals surface area (Å²) in [5.74, 6) is -1.92. The smallest absolute Gasteiger partial charge is 0.310 e. The first-order valence-corrected chi connectivity index (χ1v) is 5.66. The molecule has 0 amide bonds. The Hall–Kier alpha value is -1.72. The maximum atomic E-state index is 13.6. The number of pyridine rings is 1. The van der Waals surface area contributed by atoms with Crippen LogP contribution in [0.2, 0.25) is 0 Å². The Morgan fingerprint density at radius 2 is 2.22 bits per heavy atom. The van der Waals surface area contributed by atoms with Crippen molar-refractivity contribution in [2.75, 3.05) is 25.1 Å². The second kappa shape index (κ2) is 4.88. The lowest BCUT2D eigenvalue weighted by Crippen LogP contribution is -2.25. The largest absolute Gasteiger partial charge is 0.469 e. The summed E-state index contributed by atoms with van der Waals surface area (Å²) in [6, 6.07) is 0.790. The number of anilines is 1. The molecule has 0 radical (unpaired) electrons. The van der Waals surface area contributed by atoms with Gasteiger partial charge in [-0.05, 0) is 5.92 Å². The van der Waals surface area contributed by atoms with E-state index in [1.807, 2.05) is 6.92 Å². The van der Waals surface area contributed by atoms with E-state index in [0.29, 0.717) is 13.1 Å². The Kier molecular flexibility index (Phi) is 3.45. The first-order chi connectivity index (χ1) is 8.52. The van der Waals surface area contributed by atoms with Crippen molar-refractivity contribution in [2.24, 2.45) is 11.8 Å². The fourth-order valence-corrected chi connectivity index (χ4v) is 2.24. The van der Waals surface area contributed by atoms with E-state index in [0.717, 1.165) is 12.3 Å². The number of halogens is 2. The highest BCUT2D eigenvalue weighted by atomic mass is 19.1. The molecule has 0 bridgehead atoms. The van der Waals surface area contributed by atoms with Crippen LogP contribution in [-0.4, -0.2) is 31.2 Å². The number of aromatic nitrogens is 1. The van der Waals surface area contributed by atoms with Crippen molar-refractivity contribution in [3.05, 3.63) is 23.9 Å². The van der Waals surface area contributed by atoms with Gasteiger partial charge in [-0.15, -0.1) is 0 Å². The van der Waals surface area contributed by atoms with E-state index in [9.17, 15) is 13.6 Å². The zero-order valence-electron chi connectivity index (χ0n) is 10.2. The lowest BCUT2D eigenvalue weighted by molar-refractivity contribution is -0.145. The normalized spacial score (nSPS) is 23.2. The second-order valence-electron chi connectivity index (χ2n) is 4.47. The third-order valence-electron chi connectivity index (χ3n) is 3.20. The summed E-state index contributed by atoms with van der Waals surface area (Å²) in [7, 11) is 1.33. The predicted octanol–water partition coefficient (Wildman–Crippen LogP) is 1.61. The molecule has 0 aromatic carbocycles. The van der Waals surface area contributed by atoms with E-state index in [4.69, 9.17) is 4.74 Å². The minimum atomic E-state index is -0.715. The molecule has 2 heterocycles. The van der Waals surface area contributed by atoms with Gasteiger partial charge in [-0.25, -0.2) is 13.8 Å². The number of carbonyl (C=O) groups excluding carboxylic acids is 1. The Balaban J connectivity index is 2.19. The van der Waals surface area contributed by atoms with Crippen molar-refractivity contribution in [2.45, 2.75) is 6.92 Å². The van der Waals surface area contributed by atoms with Crippen LogP contribution in [0, 0.1) is 23.5 Å². The van der Waals surface area contributed by atoms with E-state index < -0.39 is 11.6 Å². The zero-order valence-corrected chi connectivity index (χ0v) is 10.2. The van der Waals surface area contributed by atoms with Crippen molar-refractivity contribution in [3.63, 3.8) is 0 Å². The number of nitrogens with zero attached hydrogens (tertiary/aromatic N) is 2. The van der Waals surface area contributed by atoms with Gasteiger partial charge in [-0.2, -0.15) is 0 Å². The van der Waals surface area contributed by atoms with Crippen LogP contribution in [-0.2, 0) is 9.53 Å². The molecule has 2 rings (SSSR count). The molecule has 4 nitrogen and oxygen atoms in total. The van der Waals surface area contributed by atoms with Gasteiger partial charge in [0.1, 0.15) is 5.82 Å². The minimum absolute atomic E-state index is 0.0451. The zero-order chi connectivity index (χ0) is 13.3. The molecular weight excluding hydrogens is 242 g/mol. The number of methoxy groups -OCH3 is 1. The molecule has 0 saturated carbocycles. The standard InChI is InChI=1S/C12H14F2N2O2/c1-7-5-16(6-9(7)12(17)18-2)11-10(14)3-8(13)4-15-11/h3-4,7,9H,5-6H2,1-2H3. The molecular formula is C12H14F2N2O2. The van der Waals surface area contributed by atoms with E-state index in [-0.39, 0.29) is 23.6 Å². The monoisotopic (exact) mass is 256 g/mol. The SMILES string of the molecule is COC(=O)C1CN(c2ncc(F)cc2F)CC1C. The summed E-state index contributed by atoms with van der Waals surface area (Å²) in [6.07, 6.45) is 0.967. The average Bonchev–Trinajstić information content (AvgIpc) is 2.70. The number of esters is 1. The Morgan fingerprint density at radius 1 is 1.50 bits per heavy atom. The molecule has 18 heavy (non-hydrogen) atoms. The summed E-state index contributed by atoms with van der Waals surface area (Å²) in [4.78, 5) is 16.9. The Bertz CT molecular complexity index is 467. The third kappa shape index (κ3) is 2.27. The van der Waals surface area contributed by atoms with E-state index in [1.165, 1.54) is 7.11 Å². The molecule has 1 aromatic rings. The topological polar surface area (TPSA) is 42.4 Å². The van der Waals surface area contributed by atoms with E-state index >= 15 is 0 Å². The van der Waals surface area contributed by atoms with Gasteiger partial charge < -0.3 is 9.64 Å². The maximum Gasteiger partial charge on any atom is 0.310 e. The quantitative estimate of drug-likeness (QED) is 0.754. The van der Waals surface area contributed by atoms with Gasteiger partial charge in [0.05, 0.1) is 19.2 Å². The first kappa shape index (κ1) is 12.7.